The van der Waals surface area contributed by atoms with E-state index >= 15 is 0 Å². The Hall–Kier alpha value is -3.42. The molecule has 2 aromatic carbocycles. The minimum absolute atomic E-state index is 0.0373. The molecule has 1 fully saturated rings. The maximum absolute atomic E-state index is 13.2. The number of nitrogens with zero attached hydrogens (tertiary/aromatic N) is 2. The van der Waals surface area contributed by atoms with Gasteiger partial charge in [0.15, 0.2) is 0 Å². The number of esters is 1. The van der Waals surface area contributed by atoms with E-state index in [1.165, 1.54) is 7.11 Å². The van der Waals surface area contributed by atoms with Gasteiger partial charge in [0, 0.05) is 18.2 Å². The van der Waals surface area contributed by atoms with E-state index in [0.29, 0.717) is 11.5 Å². The third-order valence-corrected chi connectivity index (χ3v) is 7.12. The average Bonchev–Trinajstić information content (AvgIpc) is 3.62. The summed E-state index contributed by atoms with van der Waals surface area (Å²) in [5.74, 6) is -0.476. The van der Waals surface area contributed by atoms with Gasteiger partial charge in [-0.25, -0.2) is 9.78 Å². The fourth-order valence-electron chi connectivity index (χ4n) is 4.52. The van der Waals surface area contributed by atoms with E-state index in [1.807, 2.05) is 36.4 Å². The molecule has 1 N–H and O–H groups in total. The van der Waals surface area contributed by atoms with E-state index in [0.717, 1.165) is 24.0 Å². The van der Waals surface area contributed by atoms with Crippen LogP contribution in [0.15, 0.2) is 60.8 Å². The van der Waals surface area contributed by atoms with Crippen LogP contribution in [0.4, 0.5) is 11.5 Å². The molecule has 3 aromatic rings. The number of benzene rings is 2. The molecular formula is C26H21Cl2N3O4. The lowest BCUT2D eigenvalue weighted by atomic mass is 10.00. The molecule has 2 amide bonds. The number of pyridine rings is 1. The SMILES string of the molecule is COC(=O)C(Cc1ccc(N2C(=O)C3(CC3)c3cccnc32)cc1)NC(=O)c1c(Cl)cccc1Cl. The highest BCUT2D eigenvalue weighted by Gasteiger charge is 2.60. The summed E-state index contributed by atoms with van der Waals surface area (Å²) >= 11 is 12.3. The van der Waals surface area contributed by atoms with Crippen molar-refractivity contribution in [2.45, 2.75) is 30.7 Å². The Balaban J connectivity index is 1.36. The molecule has 0 radical (unpaired) electrons. The van der Waals surface area contributed by atoms with E-state index in [4.69, 9.17) is 27.9 Å². The first kappa shape index (κ1) is 23.3. The van der Waals surface area contributed by atoms with Crippen LogP contribution in [-0.4, -0.2) is 35.9 Å². The van der Waals surface area contributed by atoms with Gasteiger partial charge in [0.2, 0.25) is 5.91 Å². The Bertz CT molecular complexity index is 1320. The number of halogens is 2. The van der Waals surface area contributed by atoms with Gasteiger partial charge >= 0.3 is 5.97 Å². The molecule has 1 unspecified atom stereocenters. The first-order valence-electron chi connectivity index (χ1n) is 11.1. The number of methoxy groups -OCH3 is 1. The second-order valence-corrected chi connectivity index (χ2v) is 9.43. The van der Waals surface area contributed by atoms with Crippen LogP contribution in [0.2, 0.25) is 10.0 Å². The summed E-state index contributed by atoms with van der Waals surface area (Å²) in [4.78, 5) is 44.6. The van der Waals surface area contributed by atoms with Crippen molar-refractivity contribution in [3.63, 3.8) is 0 Å². The topological polar surface area (TPSA) is 88.6 Å². The summed E-state index contributed by atoms with van der Waals surface area (Å²) < 4.78 is 4.89. The Morgan fingerprint density at radius 2 is 1.77 bits per heavy atom. The molecule has 1 aromatic heterocycles. The number of nitrogens with one attached hydrogen (secondary N) is 1. The first-order chi connectivity index (χ1) is 16.9. The van der Waals surface area contributed by atoms with Crippen molar-refractivity contribution in [3.05, 3.63) is 87.5 Å². The predicted octanol–water partition coefficient (Wildman–Crippen LogP) is 4.61. The number of rotatable bonds is 6. The second kappa shape index (κ2) is 8.98. The predicted molar refractivity (Wildman–Crippen MR) is 132 cm³/mol. The minimum atomic E-state index is -0.962. The monoisotopic (exact) mass is 509 g/mol. The molecular weight excluding hydrogens is 489 g/mol. The molecule has 35 heavy (non-hydrogen) atoms. The Morgan fingerprint density at radius 3 is 2.40 bits per heavy atom. The molecule has 9 heteroatoms. The quantitative estimate of drug-likeness (QED) is 0.490. The summed E-state index contributed by atoms with van der Waals surface area (Å²) in [5, 5.41) is 3.03. The van der Waals surface area contributed by atoms with Crippen LogP contribution in [0.3, 0.4) is 0 Å². The van der Waals surface area contributed by atoms with Gasteiger partial charge in [-0.2, -0.15) is 0 Å². The van der Waals surface area contributed by atoms with E-state index in [1.54, 1.807) is 29.3 Å². The van der Waals surface area contributed by atoms with Crippen LogP contribution in [0.5, 0.6) is 0 Å². The molecule has 0 saturated heterocycles. The number of ether oxygens (including phenoxy) is 1. The highest BCUT2D eigenvalue weighted by atomic mass is 35.5. The maximum Gasteiger partial charge on any atom is 0.328 e. The average molecular weight is 510 g/mol. The van der Waals surface area contributed by atoms with Crippen LogP contribution in [0, 0.1) is 0 Å². The van der Waals surface area contributed by atoms with Crippen molar-refractivity contribution >= 4 is 52.5 Å². The van der Waals surface area contributed by atoms with E-state index in [-0.39, 0.29) is 27.9 Å². The van der Waals surface area contributed by atoms with Crippen LogP contribution in [0.1, 0.15) is 34.3 Å². The molecule has 0 bridgehead atoms. The zero-order valence-electron chi connectivity index (χ0n) is 18.8. The van der Waals surface area contributed by atoms with Gasteiger partial charge in [-0.1, -0.05) is 47.5 Å². The Kier molecular flexibility index (Phi) is 5.99. The van der Waals surface area contributed by atoms with Gasteiger partial charge in [-0.3, -0.25) is 14.5 Å². The van der Waals surface area contributed by atoms with Crippen LogP contribution in [-0.2, 0) is 26.2 Å². The van der Waals surface area contributed by atoms with Gasteiger partial charge in [0.25, 0.3) is 5.91 Å². The van der Waals surface area contributed by atoms with Crippen molar-refractivity contribution in [1.82, 2.24) is 10.3 Å². The molecule has 1 spiro atoms. The molecule has 1 aliphatic carbocycles. The highest BCUT2D eigenvalue weighted by molar-refractivity contribution is 6.39. The van der Waals surface area contributed by atoms with Gasteiger partial charge in [-0.05, 0) is 48.7 Å². The summed E-state index contributed by atoms with van der Waals surface area (Å²) in [6, 6.07) is 14.8. The molecule has 2 heterocycles. The number of hydrogen-bond donors (Lipinski definition) is 1. The number of carbonyl (C=O) groups excluding carboxylic acids is 3. The van der Waals surface area contributed by atoms with Crippen molar-refractivity contribution < 1.29 is 19.1 Å². The highest BCUT2D eigenvalue weighted by Crippen LogP contribution is 2.58. The maximum atomic E-state index is 13.2. The first-order valence-corrected chi connectivity index (χ1v) is 11.8. The molecule has 1 saturated carbocycles. The largest absolute Gasteiger partial charge is 0.467 e. The number of amides is 2. The molecule has 178 valence electrons. The molecule has 5 rings (SSSR count). The fraction of sp³-hybridized carbons (Fsp3) is 0.231. The normalized spacial score (nSPS) is 16.1. The standard InChI is InChI=1S/C26H21Cl2N3O4/c1-35-24(33)20(30-23(32)21-18(27)5-2-6-19(21)28)14-15-7-9-16(10-8-15)31-22-17(4-3-13-29-22)26(11-12-26)25(31)34/h2-10,13,20H,11-12,14H2,1H3,(H,30,32). The third kappa shape index (κ3) is 4.05. The molecule has 1 atom stereocenters. The summed E-state index contributed by atoms with van der Waals surface area (Å²) in [7, 11) is 1.25. The number of anilines is 2. The van der Waals surface area contributed by atoms with Crippen molar-refractivity contribution in [2.24, 2.45) is 0 Å². The second-order valence-electron chi connectivity index (χ2n) is 8.61. The smallest absolute Gasteiger partial charge is 0.328 e. The lowest BCUT2D eigenvalue weighted by molar-refractivity contribution is -0.142. The fourth-order valence-corrected chi connectivity index (χ4v) is 5.09. The summed E-state index contributed by atoms with van der Waals surface area (Å²) in [6.07, 6.45) is 3.52. The zero-order chi connectivity index (χ0) is 24.7. The number of carbonyl (C=O) groups is 3. The van der Waals surface area contributed by atoms with E-state index in [9.17, 15) is 14.4 Å². The van der Waals surface area contributed by atoms with Gasteiger partial charge in [-0.15, -0.1) is 0 Å². The van der Waals surface area contributed by atoms with Crippen LogP contribution in [0.25, 0.3) is 0 Å². The lowest BCUT2D eigenvalue weighted by Gasteiger charge is -2.19. The van der Waals surface area contributed by atoms with E-state index < -0.39 is 23.3 Å². The Labute approximate surface area is 212 Å². The van der Waals surface area contributed by atoms with Gasteiger partial charge < -0.3 is 10.1 Å². The number of hydrogen-bond acceptors (Lipinski definition) is 5. The molecule has 1 aliphatic heterocycles. The number of fused-ring (bicyclic) bond motifs is 2. The van der Waals surface area contributed by atoms with Gasteiger partial charge in [0.05, 0.1) is 33.8 Å². The number of aromatic nitrogens is 1. The molecule has 2 aliphatic rings. The third-order valence-electron chi connectivity index (χ3n) is 6.49. The summed E-state index contributed by atoms with van der Waals surface area (Å²) in [6.45, 7) is 0. The molecule has 7 nitrogen and oxygen atoms in total. The minimum Gasteiger partial charge on any atom is -0.467 e. The van der Waals surface area contributed by atoms with Crippen molar-refractivity contribution in [3.8, 4) is 0 Å². The van der Waals surface area contributed by atoms with Gasteiger partial charge in [0.1, 0.15) is 11.9 Å². The Morgan fingerprint density at radius 1 is 1.09 bits per heavy atom. The summed E-state index contributed by atoms with van der Waals surface area (Å²) in [5.41, 5.74) is 2.09. The van der Waals surface area contributed by atoms with Crippen LogP contribution < -0.4 is 10.2 Å². The van der Waals surface area contributed by atoms with Crippen LogP contribution >= 0.6 is 23.2 Å². The lowest BCUT2D eigenvalue weighted by Crippen LogP contribution is -2.43. The van der Waals surface area contributed by atoms with Crippen molar-refractivity contribution in [2.75, 3.05) is 12.0 Å². The van der Waals surface area contributed by atoms with Crippen molar-refractivity contribution in [1.29, 1.82) is 0 Å². The zero-order valence-corrected chi connectivity index (χ0v) is 20.3. The van der Waals surface area contributed by atoms with E-state index in [2.05, 4.69) is 10.3 Å².